The highest BCUT2D eigenvalue weighted by molar-refractivity contribution is 7.99. The number of amides is 1. The van der Waals surface area contributed by atoms with Gasteiger partial charge in [-0.05, 0) is 24.3 Å². The molecule has 2 N–H and O–H groups in total. The van der Waals surface area contributed by atoms with Crippen molar-refractivity contribution < 1.29 is 9.18 Å². The molecule has 0 aliphatic rings. The summed E-state index contributed by atoms with van der Waals surface area (Å²) in [5.41, 5.74) is 0.601. The number of carbonyl (C=O) groups is 1. The summed E-state index contributed by atoms with van der Waals surface area (Å²) in [7, 11) is 0. The summed E-state index contributed by atoms with van der Waals surface area (Å²) in [6, 6.07) is 9.62. The number of halogens is 1. The number of aromatic nitrogens is 3. The van der Waals surface area contributed by atoms with Crippen molar-refractivity contribution in [1.82, 2.24) is 19.8 Å². The minimum absolute atomic E-state index is 0.0512. The number of nitrogens with zero attached hydrogens (tertiary/aromatic N) is 6. The summed E-state index contributed by atoms with van der Waals surface area (Å²) < 4.78 is 14.2. The van der Waals surface area contributed by atoms with Gasteiger partial charge in [0.2, 0.25) is 11.1 Å². The maximum atomic E-state index is 13.0. The molecule has 10 heteroatoms. The molecule has 1 heterocycles. The highest BCUT2D eigenvalue weighted by atomic mass is 32.2. The SMILES string of the molecule is N#CCCN(CCC#N)C(=O)CSc1nnc(-c2ccc(F)cc2)n1N. The lowest BCUT2D eigenvalue weighted by atomic mass is 10.2. The van der Waals surface area contributed by atoms with Gasteiger partial charge >= 0.3 is 0 Å². The molecule has 0 aliphatic heterocycles. The Hall–Kier alpha value is -3.11. The van der Waals surface area contributed by atoms with E-state index in [1.807, 2.05) is 12.1 Å². The van der Waals surface area contributed by atoms with Gasteiger partial charge in [0.25, 0.3) is 0 Å². The molecule has 8 nitrogen and oxygen atoms in total. The lowest BCUT2D eigenvalue weighted by Gasteiger charge is -2.19. The number of carbonyl (C=O) groups excluding carboxylic acids is 1. The van der Waals surface area contributed by atoms with Crippen LogP contribution in [0.2, 0.25) is 0 Å². The van der Waals surface area contributed by atoms with Crippen LogP contribution in [0.3, 0.4) is 0 Å². The second-order valence-corrected chi connectivity index (χ2v) is 6.11. The van der Waals surface area contributed by atoms with Gasteiger partial charge in [-0.15, -0.1) is 10.2 Å². The normalized spacial score (nSPS) is 10.1. The van der Waals surface area contributed by atoms with Crippen molar-refractivity contribution in [2.24, 2.45) is 0 Å². The van der Waals surface area contributed by atoms with Crippen LogP contribution in [-0.2, 0) is 4.79 Å². The molecular weight excluding hydrogens is 357 g/mol. The van der Waals surface area contributed by atoms with Crippen LogP contribution in [0.1, 0.15) is 12.8 Å². The molecule has 0 radical (unpaired) electrons. The van der Waals surface area contributed by atoms with Crippen LogP contribution >= 0.6 is 11.8 Å². The Balaban J connectivity index is 2.02. The second-order valence-electron chi connectivity index (χ2n) is 5.17. The number of nitrogen functional groups attached to an aromatic ring is 1. The number of nitrogens with two attached hydrogens (primary N) is 1. The summed E-state index contributed by atoms with van der Waals surface area (Å²) in [4.78, 5) is 13.8. The van der Waals surface area contributed by atoms with E-state index < -0.39 is 0 Å². The molecule has 1 amide bonds. The van der Waals surface area contributed by atoms with E-state index in [1.54, 1.807) is 0 Å². The Labute approximate surface area is 154 Å². The molecule has 0 saturated carbocycles. The standard InChI is InChI=1S/C16H16FN7OS/c17-13-5-3-12(4-6-13)15-21-22-16(24(15)20)26-11-14(25)23(9-1-7-18)10-2-8-19/h3-6H,1-2,9-11,20H2. The van der Waals surface area contributed by atoms with Gasteiger partial charge in [-0.1, -0.05) is 11.8 Å². The van der Waals surface area contributed by atoms with Crippen LogP contribution in [0.4, 0.5) is 4.39 Å². The van der Waals surface area contributed by atoms with E-state index in [4.69, 9.17) is 16.4 Å². The minimum atomic E-state index is -0.369. The zero-order valence-electron chi connectivity index (χ0n) is 13.8. The third-order valence-corrected chi connectivity index (χ3v) is 4.36. The average Bonchev–Trinajstić information content (AvgIpc) is 3.01. The zero-order valence-corrected chi connectivity index (χ0v) is 14.6. The summed E-state index contributed by atoms with van der Waals surface area (Å²) >= 11 is 1.10. The van der Waals surface area contributed by atoms with Gasteiger partial charge < -0.3 is 10.7 Å². The van der Waals surface area contributed by atoms with Crippen LogP contribution in [-0.4, -0.2) is 44.5 Å². The van der Waals surface area contributed by atoms with Crippen molar-refractivity contribution in [1.29, 1.82) is 10.5 Å². The first-order valence-corrected chi connectivity index (χ1v) is 8.66. The van der Waals surface area contributed by atoms with E-state index in [0.29, 0.717) is 16.5 Å². The Kier molecular flexibility index (Phi) is 6.94. The number of rotatable bonds is 8. The summed E-state index contributed by atoms with van der Waals surface area (Å²) in [6.45, 7) is 0.543. The van der Waals surface area contributed by atoms with E-state index in [9.17, 15) is 9.18 Å². The van der Waals surface area contributed by atoms with Gasteiger partial charge in [-0.3, -0.25) is 4.79 Å². The molecular formula is C16H16FN7OS. The average molecular weight is 373 g/mol. The van der Waals surface area contributed by atoms with Gasteiger partial charge in [-0.25, -0.2) is 9.07 Å². The van der Waals surface area contributed by atoms with Crippen molar-refractivity contribution in [3.05, 3.63) is 30.1 Å². The first-order valence-electron chi connectivity index (χ1n) is 7.67. The summed E-state index contributed by atoms with van der Waals surface area (Å²) in [6.07, 6.45) is 0.396. The fourth-order valence-electron chi connectivity index (χ4n) is 2.12. The summed E-state index contributed by atoms with van der Waals surface area (Å²) in [5.74, 6) is 5.78. The molecule has 0 fully saturated rings. The fraction of sp³-hybridized carbons (Fsp3) is 0.312. The van der Waals surface area contributed by atoms with Crippen molar-refractivity contribution in [2.75, 3.05) is 24.7 Å². The van der Waals surface area contributed by atoms with E-state index in [-0.39, 0.29) is 43.4 Å². The molecule has 1 aromatic heterocycles. The smallest absolute Gasteiger partial charge is 0.233 e. The molecule has 0 spiro atoms. The second kappa shape index (κ2) is 9.39. The van der Waals surface area contributed by atoms with Crippen LogP contribution < -0.4 is 5.84 Å². The predicted molar refractivity (Wildman–Crippen MR) is 93.3 cm³/mol. The van der Waals surface area contributed by atoms with Crippen LogP contribution in [0.25, 0.3) is 11.4 Å². The Bertz CT molecular complexity index is 820. The van der Waals surface area contributed by atoms with E-state index in [2.05, 4.69) is 10.2 Å². The number of thioether (sulfide) groups is 1. The number of hydrogen-bond donors (Lipinski definition) is 1. The Morgan fingerprint density at radius 1 is 1.19 bits per heavy atom. The molecule has 0 atom stereocenters. The zero-order chi connectivity index (χ0) is 18.9. The highest BCUT2D eigenvalue weighted by Crippen LogP contribution is 2.22. The van der Waals surface area contributed by atoms with Crippen molar-refractivity contribution in [3.8, 4) is 23.5 Å². The number of nitriles is 2. The van der Waals surface area contributed by atoms with Crippen LogP contribution in [0.5, 0.6) is 0 Å². The summed E-state index contributed by atoms with van der Waals surface area (Å²) in [5, 5.41) is 25.6. The minimum Gasteiger partial charge on any atom is -0.340 e. The van der Waals surface area contributed by atoms with Gasteiger partial charge in [-0.2, -0.15) is 10.5 Å². The van der Waals surface area contributed by atoms with E-state index in [0.717, 1.165) is 11.8 Å². The van der Waals surface area contributed by atoms with Gasteiger partial charge in [0.1, 0.15) is 5.82 Å². The van der Waals surface area contributed by atoms with Gasteiger partial charge in [0.15, 0.2) is 5.82 Å². The van der Waals surface area contributed by atoms with Crippen molar-refractivity contribution in [3.63, 3.8) is 0 Å². The third kappa shape index (κ3) is 4.94. The Morgan fingerprint density at radius 2 is 1.81 bits per heavy atom. The van der Waals surface area contributed by atoms with Gasteiger partial charge in [0, 0.05) is 18.7 Å². The van der Waals surface area contributed by atoms with Crippen molar-refractivity contribution >= 4 is 17.7 Å². The van der Waals surface area contributed by atoms with Crippen molar-refractivity contribution in [2.45, 2.75) is 18.0 Å². The van der Waals surface area contributed by atoms with E-state index in [1.165, 1.54) is 33.8 Å². The van der Waals surface area contributed by atoms with Crippen LogP contribution in [0.15, 0.2) is 29.4 Å². The molecule has 0 aliphatic carbocycles. The maximum Gasteiger partial charge on any atom is 0.233 e. The molecule has 134 valence electrons. The Morgan fingerprint density at radius 3 is 2.38 bits per heavy atom. The third-order valence-electron chi connectivity index (χ3n) is 3.43. The van der Waals surface area contributed by atoms with Crippen LogP contribution in [0, 0.1) is 28.5 Å². The predicted octanol–water partition coefficient (Wildman–Crippen LogP) is 1.55. The molecule has 0 saturated heterocycles. The topological polar surface area (TPSA) is 125 Å². The number of hydrogen-bond acceptors (Lipinski definition) is 7. The fourth-order valence-corrected chi connectivity index (χ4v) is 2.88. The molecule has 2 rings (SSSR count). The number of benzene rings is 1. The molecule has 1 aromatic carbocycles. The van der Waals surface area contributed by atoms with Gasteiger partial charge in [0.05, 0.1) is 30.7 Å². The molecule has 0 bridgehead atoms. The molecule has 2 aromatic rings. The quantitative estimate of drug-likeness (QED) is 0.549. The highest BCUT2D eigenvalue weighted by Gasteiger charge is 2.17. The lowest BCUT2D eigenvalue weighted by molar-refractivity contribution is -0.128. The lowest BCUT2D eigenvalue weighted by Crippen LogP contribution is -2.34. The largest absolute Gasteiger partial charge is 0.340 e. The van der Waals surface area contributed by atoms with E-state index >= 15 is 0 Å². The first-order chi connectivity index (χ1) is 12.6. The monoisotopic (exact) mass is 373 g/mol. The molecule has 0 unspecified atom stereocenters. The maximum absolute atomic E-state index is 13.0. The first kappa shape index (κ1) is 19.2. The molecule has 26 heavy (non-hydrogen) atoms.